The third-order valence-corrected chi connectivity index (χ3v) is 2.21. The summed E-state index contributed by atoms with van der Waals surface area (Å²) in [6.45, 7) is 1.91. The van der Waals surface area contributed by atoms with Gasteiger partial charge in [0.05, 0.1) is 0 Å². The molecule has 2 rings (SSSR count). The fourth-order valence-corrected chi connectivity index (χ4v) is 1.28. The molecule has 0 unspecified atom stereocenters. The number of halogens is 1. The maximum atomic E-state index is 5.85. The van der Waals surface area contributed by atoms with Crippen molar-refractivity contribution < 1.29 is 0 Å². The number of nitrogens with zero attached hydrogens (tertiary/aromatic N) is 2. The second kappa shape index (κ2) is 2.85. The molecule has 0 aliphatic heterocycles. The van der Waals surface area contributed by atoms with Crippen molar-refractivity contribution in [2.45, 2.75) is 6.92 Å². The minimum absolute atomic E-state index is 0.458. The van der Waals surface area contributed by atoms with Crippen LogP contribution in [0.15, 0.2) is 18.2 Å². The molecule has 13 heavy (non-hydrogen) atoms. The smallest absolute Gasteiger partial charge is 0.163 e. The standard InChI is InChI=1S/C9H8ClN3/c1-5-4-6-2-3-7(11)12-9(6)13-8(5)10/h2-4H,1H3,(H2,11,12,13). The summed E-state index contributed by atoms with van der Waals surface area (Å²) >= 11 is 5.85. The summed E-state index contributed by atoms with van der Waals surface area (Å²) in [7, 11) is 0. The van der Waals surface area contributed by atoms with Gasteiger partial charge >= 0.3 is 0 Å². The van der Waals surface area contributed by atoms with E-state index >= 15 is 0 Å². The highest BCUT2D eigenvalue weighted by atomic mass is 35.5. The van der Waals surface area contributed by atoms with E-state index in [1.165, 1.54) is 0 Å². The average Bonchev–Trinajstić information content (AvgIpc) is 2.08. The topological polar surface area (TPSA) is 51.8 Å². The highest BCUT2D eigenvalue weighted by Gasteiger charge is 2.01. The van der Waals surface area contributed by atoms with E-state index in [0.717, 1.165) is 10.9 Å². The zero-order valence-corrected chi connectivity index (χ0v) is 7.84. The van der Waals surface area contributed by atoms with Crippen LogP contribution < -0.4 is 5.73 Å². The lowest BCUT2D eigenvalue weighted by molar-refractivity contribution is 1.26. The quantitative estimate of drug-likeness (QED) is 0.653. The molecule has 0 saturated carbocycles. The maximum Gasteiger partial charge on any atom is 0.163 e. The van der Waals surface area contributed by atoms with Crippen LogP contribution in [-0.2, 0) is 0 Å². The number of hydrogen-bond acceptors (Lipinski definition) is 3. The molecule has 0 atom stereocenters. The lowest BCUT2D eigenvalue weighted by Crippen LogP contribution is -1.92. The minimum Gasteiger partial charge on any atom is -0.384 e. The first-order valence-corrected chi connectivity index (χ1v) is 4.24. The van der Waals surface area contributed by atoms with Gasteiger partial charge in [0.15, 0.2) is 5.65 Å². The molecule has 0 amide bonds. The van der Waals surface area contributed by atoms with Crippen LogP contribution >= 0.6 is 11.6 Å². The van der Waals surface area contributed by atoms with E-state index in [1.807, 2.05) is 19.1 Å². The largest absolute Gasteiger partial charge is 0.384 e. The summed E-state index contributed by atoms with van der Waals surface area (Å²) in [4.78, 5) is 8.17. The predicted molar refractivity (Wildman–Crippen MR) is 53.7 cm³/mol. The number of nitrogen functional groups attached to an aromatic ring is 1. The molecule has 0 saturated heterocycles. The summed E-state index contributed by atoms with van der Waals surface area (Å²) in [5, 5.41) is 1.43. The van der Waals surface area contributed by atoms with Crippen LogP contribution in [0, 0.1) is 6.92 Å². The van der Waals surface area contributed by atoms with Crippen LogP contribution in [0.5, 0.6) is 0 Å². The molecular weight excluding hydrogens is 186 g/mol. The van der Waals surface area contributed by atoms with Crippen molar-refractivity contribution in [3.05, 3.63) is 28.9 Å². The predicted octanol–water partition coefficient (Wildman–Crippen LogP) is 2.17. The highest BCUT2D eigenvalue weighted by molar-refractivity contribution is 6.30. The van der Waals surface area contributed by atoms with Gasteiger partial charge < -0.3 is 5.73 Å². The molecule has 0 fully saturated rings. The Morgan fingerprint density at radius 3 is 2.85 bits per heavy atom. The Morgan fingerprint density at radius 1 is 1.31 bits per heavy atom. The van der Waals surface area contributed by atoms with Crippen LogP contribution in [-0.4, -0.2) is 9.97 Å². The molecule has 0 aliphatic carbocycles. The van der Waals surface area contributed by atoms with Gasteiger partial charge in [0.1, 0.15) is 11.0 Å². The van der Waals surface area contributed by atoms with Crippen LogP contribution in [0.1, 0.15) is 5.56 Å². The minimum atomic E-state index is 0.458. The third-order valence-electron chi connectivity index (χ3n) is 1.83. The van der Waals surface area contributed by atoms with Crippen molar-refractivity contribution in [2.24, 2.45) is 0 Å². The van der Waals surface area contributed by atoms with Gasteiger partial charge in [0, 0.05) is 5.39 Å². The molecule has 2 N–H and O–H groups in total. The summed E-state index contributed by atoms with van der Waals surface area (Å²) in [5.41, 5.74) is 7.06. The average molecular weight is 194 g/mol. The fraction of sp³-hybridized carbons (Fsp3) is 0.111. The molecule has 66 valence electrons. The summed E-state index contributed by atoms with van der Waals surface area (Å²) in [6.07, 6.45) is 0. The van der Waals surface area contributed by atoms with Gasteiger partial charge in [-0.15, -0.1) is 0 Å². The van der Waals surface area contributed by atoms with E-state index in [1.54, 1.807) is 6.07 Å². The van der Waals surface area contributed by atoms with E-state index in [4.69, 9.17) is 17.3 Å². The van der Waals surface area contributed by atoms with Crippen LogP contribution in [0.25, 0.3) is 11.0 Å². The molecule has 2 heterocycles. The molecule has 0 spiro atoms. The first kappa shape index (κ1) is 8.26. The molecule has 0 aromatic carbocycles. The summed E-state index contributed by atoms with van der Waals surface area (Å²) < 4.78 is 0. The first-order valence-electron chi connectivity index (χ1n) is 3.86. The van der Waals surface area contributed by atoms with Crippen molar-refractivity contribution in [1.82, 2.24) is 9.97 Å². The van der Waals surface area contributed by atoms with Gasteiger partial charge in [-0.25, -0.2) is 9.97 Å². The molecule has 3 nitrogen and oxygen atoms in total. The Bertz CT molecular complexity index is 468. The number of fused-ring (bicyclic) bond motifs is 1. The van der Waals surface area contributed by atoms with Gasteiger partial charge in [-0.1, -0.05) is 11.6 Å². The zero-order valence-electron chi connectivity index (χ0n) is 7.08. The first-order chi connectivity index (χ1) is 6.16. The molecule has 0 radical (unpaired) electrons. The zero-order chi connectivity index (χ0) is 9.42. The van der Waals surface area contributed by atoms with Crippen LogP contribution in [0.4, 0.5) is 5.82 Å². The van der Waals surface area contributed by atoms with E-state index in [-0.39, 0.29) is 0 Å². The third kappa shape index (κ3) is 1.42. The summed E-state index contributed by atoms with van der Waals surface area (Å²) in [5.74, 6) is 0.458. The number of pyridine rings is 2. The van der Waals surface area contributed by atoms with Gasteiger partial charge in [-0.05, 0) is 30.7 Å². The molecular formula is C9H8ClN3. The maximum absolute atomic E-state index is 5.85. The second-order valence-electron chi connectivity index (χ2n) is 2.88. The molecule has 0 aliphatic rings. The summed E-state index contributed by atoms with van der Waals surface area (Å²) in [6, 6.07) is 5.57. The second-order valence-corrected chi connectivity index (χ2v) is 3.24. The Hall–Kier alpha value is -1.35. The Balaban J connectivity index is 2.81. The van der Waals surface area contributed by atoms with Crippen molar-refractivity contribution in [3.8, 4) is 0 Å². The number of aryl methyl sites for hydroxylation is 1. The molecule has 2 aromatic rings. The van der Waals surface area contributed by atoms with Crippen LogP contribution in [0.3, 0.4) is 0 Å². The number of rotatable bonds is 0. The van der Waals surface area contributed by atoms with Gasteiger partial charge in [0.25, 0.3) is 0 Å². The van der Waals surface area contributed by atoms with Gasteiger partial charge in [0.2, 0.25) is 0 Å². The lowest BCUT2D eigenvalue weighted by atomic mass is 10.2. The van der Waals surface area contributed by atoms with Gasteiger partial charge in [-0.2, -0.15) is 0 Å². The van der Waals surface area contributed by atoms with Crippen molar-refractivity contribution in [2.75, 3.05) is 5.73 Å². The van der Waals surface area contributed by atoms with Crippen molar-refractivity contribution in [1.29, 1.82) is 0 Å². The lowest BCUT2D eigenvalue weighted by Gasteiger charge is -2.00. The van der Waals surface area contributed by atoms with E-state index in [0.29, 0.717) is 16.6 Å². The molecule has 0 bridgehead atoms. The Labute approximate surface area is 80.6 Å². The van der Waals surface area contributed by atoms with E-state index in [2.05, 4.69) is 9.97 Å². The normalized spacial score (nSPS) is 10.6. The van der Waals surface area contributed by atoms with Gasteiger partial charge in [-0.3, -0.25) is 0 Å². The SMILES string of the molecule is Cc1cc2ccc(N)nc2nc1Cl. The highest BCUT2D eigenvalue weighted by Crippen LogP contribution is 2.18. The van der Waals surface area contributed by atoms with E-state index in [9.17, 15) is 0 Å². The number of hydrogen-bond donors (Lipinski definition) is 1. The molecule has 4 heteroatoms. The van der Waals surface area contributed by atoms with Crippen molar-refractivity contribution >= 4 is 28.5 Å². The monoisotopic (exact) mass is 193 g/mol. The van der Waals surface area contributed by atoms with Crippen molar-refractivity contribution in [3.63, 3.8) is 0 Å². The number of anilines is 1. The van der Waals surface area contributed by atoms with E-state index < -0.39 is 0 Å². The molecule has 2 aromatic heterocycles. The Morgan fingerprint density at radius 2 is 2.08 bits per heavy atom. The Kier molecular flexibility index (Phi) is 1.81. The fourth-order valence-electron chi connectivity index (χ4n) is 1.15. The number of aromatic nitrogens is 2. The van der Waals surface area contributed by atoms with Crippen LogP contribution in [0.2, 0.25) is 5.15 Å². The number of nitrogens with two attached hydrogens (primary N) is 1.